The second-order valence-corrected chi connectivity index (χ2v) is 7.13. The van der Waals surface area contributed by atoms with Crippen molar-refractivity contribution >= 4 is 12.1 Å². The maximum Gasteiger partial charge on any atom is 0.426 e. The Hall–Kier alpha value is -1.98. The fourth-order valence-corrected chi connectivity index (χ4v) is 2.60. The average Bonchev–Trinajstić information content (AvgIpc) is 2.78. The molecule has 0 saturated heterocycles. The Labute approximate surface area is 150 Å². The maximum absolute atomic E-state index is 12.3. The minimum Gasteiger partial charge on any atom is -0.462 e. The molecule has 0 radical (unpaired) electrons. The van der Waals surface area contributed by atoms with Gasteiger partial charge in [0.05, 0.1) is 17.9 Å². The number of nitrogens with one attached hydrogen (secondary N) is 1. The zero-order chi connectivity index (χ0) is 19.0. The number of hydrogen-bond acceptors (Lipinski definition) is 4. The van der Waals surface area contributed by atoms with Gasteiger partial charge in [-0.15, -0.1) is 0 Å². The molecule has 1 aromatic heterocycles. The molecule has 1 heterocycles. The summed E-state index contributed by atoms with van der Waals surface area (Å²) in [4.78, 5) is 24.3. The third kappa shape index (κ3) is 6.80. The maximum atomic E-state index is 12.3. The smallest absolute Gasteiger partial charge is 0.426 e. The van der Waals surface area contributed by atoms with E-state index in [0.717, 1.165) is 31.2 Å². The summed E-state index contributed by atoms with van der Waals surface area (Å²) < 4.78 is 12.0. The molecule has 0 unspecified atom stereocenters. The van der Waals surface area contributed by atoms with Crippen molar-refractivity contribution in [3.8, 4) is 0 Å². The van der Waals surface area contributed by atoms with Crippen molar-refractivity contribution in [2.45, 2.75) is 79.2 Å². The van der Waals surface area contributed by atoms with Crippen molar-refractivity contribution < 1.29 is 19.1 Å². The highest BCUT2D eigenvalue weighted by Crippen LogP contribution is 2.21. The first-order valence-electron chi connectivity index (χ1n) is 9.07. The topological polar surface area (TPSA) is 69.6 Å². The summed E-state index contributed by atoms with van der Waals surface area (Å²) in [7, 11) is 0. The van der Waals surface area contributed by atoms with Crippen LogP contribution in [0.5, 0.6) is 0 Å². The first-order chi connectivity index (χ1) is 11.7. The molecule has 6 heteroatoms. The molecule has 1 N–H and O–H groups in total. The normalized spacial score (nSPS) is 11.3. The monoisotopic (exact) mass is 352 g/mol. The number of unbranched alkanes of at least 4 members (excludes halogenated alkanes) is 3. The summed E-state index contributed by atoms with van der Waals surface area (Å²) in [6.45, 7) is 11.5. The van der Waals surface area contributed by atoms with Gasteiger partial charge in [0.25, 0.3) is 0 Å². The average molecular weight is 352 g/mol. The van der Waals surface area contributed by atoms with Gasteiger partial charge in [-0.05, 0) is 53.0 Å². The number of amides is 1. The van der Waals surface area contributed by atoms with E-state index in [1.54, 1.807) is 45.5 Å². The number of hydrogen-bond donors (Lipinski definition) is 1. The molecule has 0 saturated carbocycles. The molecule has 0 aliphatic rings. The van der Waals surface area contributed by atoms with Gasteiger partial charge < -0.3 is 9.47 Å². The van der Waals surface area contributed by atoms with E-state index in [2.05, 4.69) is 12.3 Å². The van der Waals surface area contributed by atoms with Crippen LogP contribution in [0.1, 0.15) is 81.9 Å². The lowest BCUT2D eigenvalue weighted by atomic mass is 10.0. The van der Waals surface area contributed by atoms with Gasteiger partial charge in [0.1, 0.15) is 5.60 Å². The first kappa shape index (κ1) is 21.1. The molecule has 0 aliphatic heterocycles. The summed E-state index contributed by atoms with van der Waals surface area (Å²) in [6, 6.07) is 0. The summed E-state index contributed by atoms with van der Waals surface area (Å²) in [5.41, 5.74) is 4.16. The second-order valence-electron chi connectivity index (χ2n) is 7.13. The highest BCUT2D eigenvalue weighted by Gasteiger charge is 2.22. The Morgan fingerprint density at radius 3 is 2.40 bits per heavy atom. The molecule has 1 aromatic rings. The van der Waals surface area contributed by atoms with Crippen molar-refractivity contribution in [1.82, 2.24) is 4.68 Å². The third-order valence-electron chi connectivity index (χ3n) is 3.72. The lowest BCUT2D eigenvalue weighted by Crippen LogP contribution is -2.31. The van der Waals surface area contributed by atoms with E-state index in [0.29, 0.717) is 17.9 Å². The van der Waals surface area contributed by atoms with Crippen molar-refractivity contribution in [2.75, 3.05) is 12.0 Å². The molecule has 0 aromatic carbocycles. The molecule has 1 rings (SSSR count). The Balaban J connectivity index is 2.98. The SMILES string of the molecule is CCCCCCc1cn(NC(=O)OC(C)(C)C)c(C)c1C(=O)OCC. The van der Waals surface area contributed by atoms with Crippen LogP contribution in [-0.4, -0.2) is 28.9 Å². The Kier molecular flexibility index (Phi) is 8.00. The van der Waals surface area contributed by atoms with Crippen LogP contribution in [0.3, 0.4) is 0 Å². The van der Waals surface area contributed by atoms with Gasteiger partial charge in [-0.3, -0.25) is 4.68 Å². The molecule has 0 atom stereocenters. The van der Waals surface area contributed by atoms with Crippen LogP contribution in [0.4, 0.5) is 4.79 Å². The van der Waals surface area contributed by atoms with Crippen LogP contribution in [-0.2, 0) is 15.9 Å². The molecule has 25 heavy (non-hydrogen) atoms. The zero-order valence-corrected chi connectivity index (χ0v) is 16.4. The van der Waals surface area contributed by atoms with Crippen LogP contribution in [0.25, 0.3) is 0 Å². The number of ether oxygens (including phenoxy) is 2. The standard InChI is InChI=1S/C19H32N2O4/c1-7-9-10-11-12-15-13-21(20-18(23)25-19(4,5)6)14(3)16(15)17(22)24-8-2/h13H,7-12H2,1-6H3,(H,20,23). The number of carbonyl (C=O) groups is 2. The third-order valence-corrected chi connectivity index (χ3v) is 3.72. The minimum atomic E-state index is -0.585. The van der Waals surface area contributed by atoms with Crippen molar-refractivity contribution in [2.24, 2.45) is 0 Å². The molecule has 142 valence electrons. The van der Waals surface area contributed by atoms with Crippen LogP contribution in [0, 0.1) is 6.92 Å². The van der Waals surface area contributed by atoms with Crippen LogP contribution < -0.4 is 5.43 Å². The van der Waals surface area contributed by atoms with E-state index in [4.69, 9.17) is 9.47 Å². The highest BCUT2D eigenvalue weighted by atomic mass is 16.6. The molecular weight excluding hydrogens is 320 g/mol. The molecule has 0 fully saturated rings. The number of nitrogens with zero attached hydrogens (tertiary/aromatic N) is 1. The predicted octanol–water partition coefficient (Wildman–Crippen LogP) is 4.57. The van der Waals surface area contributed by atoms with Gasteiger partial charge in [0, 0.05) is 6.20 Å². The number of aryl methyl sites for hydroxylation is 1. The summed E-state index contributed by atoms with van der Waals surface area (Å²) in [5, 5.41) is 0. The highest BCUT2D eigenvalue weighted by molar-refractivity contribution is 5.93. The van der Waals surface area contributed by atoms with Crippen LogP contribution in [0.15, 0.2) is 6.20 Å². The fourth-order valence-electron chi connectivity index (χ4n) is 2.60. The van der Waals surface area contributed by atoms with Gasteiger partial charge in [0.2, 0.25) is 0 Å². The largest absolute Gasteiger partial charge is 0.462 e. The molecule has 0 spiro atoms. The van der Waals surface area contributed by atoms with Gasteiger partial charge in [0.15, 0.2) is 0 Å². The summed E-state index contributed by atoms with van der Waals surface area (Å²) in [6.07, 6.45) is 6.45. The quantitative estimate of drug-likeness (QED) is 0.549. The van der Waals surface area contributed by atoms with Crippen molar-refractivity contribution in [3.63, 3.8) is 0 Å². The van der Waals surface area contributed by atoms with E-state index in [9.17, 15) is 9.59 Å². The predicted molar refractivity (Wildman–Crippen MR) is 98.6 cm³/mol. The number of rotatable bonds is 8. The molecule has 6 nitrogen and oxygen atoms in total. The Morgan fingerprint density at radius 1 is 1.16 bits per heavy atom. The zero-order valence-electron chi connectivity index (χ0n) is 16.4. The number of esters is 1. The first-order valence-corrected chi connectivity index (χ1v) is 9.07. The van der Waals surface area contributed by atoms with E-state index < -0.39 is 11.7 Å². The van der Waals surface area contributed by atoms with Crippen molar-refractivity contribution in [1.29, 1.82) is 0 Å². The van der Waals surface area contributed by atoms with Gasteiger partial charge in [-0.1, -0.05) is 26.2 Å². The number of carbonyl (C=O) groups excluding carboxylic acids is 2. The molecule has 0 aliphatic carbocycles. The summed E-state index contributed by atoms with van der Waals surface area (Å²) >= 11 is 0. The van der Waals surface area contributed by atoms with E-state index in [1.807, 2.05) is 0 Å². The van der Waals surface area contributed by atoms with Gasteiger partial charge in [-0.2, -0.15) is 0 Å². The van der Waals surface area contributed by atoms with Crippen molar-refractivity contribution in [3.05, 3.63) is 23.0 Å². The molecular formula is C19H32N2O4. The molecule has 0 bridgehead atoms. The van der Waals surface area contributed by atoms with Crippen LogP contribution >= 0.6 is 0 Å². The van der Waals surface area contributed by atoms with E-state index in [-0.39, 0.29) is 5.97 Å². The lowest BCUT2D eigenvalue weighted by Gasteiger charge is -2.20. The van der Waals surface area contributed by atoms with Crippen LogP contribution in [0.2, 0.25) is 0 Å². The second kappa shape index (κ2) is 9.49. The Morgan fingerprint density at radius 2 is 1.84 bits per heavy atom. The number of aromatic nitrogens is 1. The summed E-state index contributed by atoms with van der Waals surface area (Å²) in [5.74, 6) is -0.352. The minimum absolute atomic E-state index is 0.318. The lowest BCUT2D eigenvalue weighted by molar-refractivity contribution is 0.0521. The fraction of sp³-hybridized carbons (Fsp3) is 0.684. The van der Waals surface area contributed by atoms with E-state index in [1.165, 1.54) is 6.42 Å². The van der Waals surface area contributed by atoms with E-state index >= 15 is 0 Å². The van der Waals surface area contributed by atoms with Gasteiger partial charge in [-0.25, -0.2) is 15.0 Å². The molecule has 1 amide bonds. The Bertz CT molecular complexity index is 585. The van der Waals surface area contributed by atoms with Gasteiger partial charge >= 0.3 is 12.1 Å².